The molecule has 0 atom stereocenters. The van der Waals surface area contributed by atoms with Crippen LogP contribution in [-0.2, 0) is 17.5 Å². The number of nitrogens with zero attached hydrogens (tertiary/aromatic N) is 1. The van der Waals surface area contributed by atoms with Crippen LogP contribution in [0, 0.1) is 6.92 Å². The Labute approximate surface area is 147 Å². The van der Waals surface area contributed by atoms with Crippen LogP contribution in [-0.4, -0.2) is 11.0 Å². The van der Waals surface area contributed by atoms with Gasteiger partial charge in [0.25, 0.3) is 0 Å². The van der Waals surface area contributed by atoms with Crippen molar-refractivity contribution < 1.29 is 27.1 Å². The molecule has 0 fully saturated rings. The first-order valence-corrected chi connectivity index (χ1v) is 7.70. The number of carbonyl (C=O) groups is 1. The van der Waals surface area contributed by atoms with Gasteiger partial charge in [-0.1, -0.05) is 18.2 Å². The van der Waals surface area contributed by atoms with E-state index in [9.17, 15) is 18.0 Å². The Bertz CT molecular complexity index is 900. The lowest BCUT2D eigenvalue weighted by Gasteiger charge is -2.07. The van der Waals surface area contributed by atoms with E-state index in [4.69, 9.17) is 9.15 Å². The lowest BCUT2D eigenvalue weighted by atomic mass is 10.1. The van der Waals surface area contributed by atoms with Gasteiger partial charge in [-0.25, -0.2) is 9.78 Å². The zero-order valence-electron chi connectivity index (χ0n) is 13.7. The fourth-order valence-electron chi connectivity index (χ4n) is 2.28. The Balaban J connectivity index is 1.67. The first-order valence-electron chi connectivity index (χ1n) is 7.70. The first kappa shape index (κ1) is 17.7. The molecular formula is C19H14F3NO3. The molecule has 0 bridgehead atoms. The van der Waals surface area contributed by atoms with Crippen molar-refractivity contribution in [2.45, 2.75) is 19.7 Å². The molecule has 7 heteroatoms. The third kappa shape index (κ3) is 3.93. The molecule has 1 aromatic heterocycles. The first-order chi connectivity index (χ1) is 12.3. The van der Waals surface area contributed by atoms with E-state index in [-0.39, 0.29) is 12.2 Å². The minimum absolute atomic E-state index is 0.0300. The summed E-state index contributed by atoms with van der Waals surface area (Å²) in [6.45, 7) is 1.56. The Morgan fingerprint density at radius 3 is 2.35 bits per heavy atom. The molecule has 0 N–H and O–H groups in total. The monoisotopic (exact) mass is 361 g/mol. The number of carbonyl (C=O) groups excluding carboxylic acids is 1. The number of esters is 1. The number of hydrogen-bond donors (Lipinski definition) is 0. The van der Waals surface area contributed by atoms with Crippen LogP contribution in [0.3, 0.4) is 0 Å². The molecule has 3 rings (SSSR count). The summed E-state index contributed by atoms with van der Waals surface area (Å²) in [5.41, 5.74) is 0.441. The SMILES string of the molecule is Cc1oc(-c2ccccc2)nc1COC(=O)c1ccc(C(F)(F)F)cc1. The third-order valence-corrected chi connectivity index (χ3v) is 3.70. The molecule has 0 saturated carbocycles. The molecule has 134 valence electrons. The van der Waals surface area contributed by atoms with Crippen molar-refractivity contribution in [1.29, 1.82) is 0 Å². The van der Waals surface area contributed by atoms with Crippen molar-refractivity contribution in [2.75, 3.05) is 0 Å². The molecule has 0 spiro atoms. The van der Waals surface area contributed by atoms with Crippen LogP contribution in [0.1, 0.15) is 27.4 Å². The van der Waals surface area contributed by atoms with Crippen molar-refractivity contribution in [2.24, 2.45) is 0 Å². The maximum atomic E-state index is 12.5. The van der Waals surface area contributed by atoms with E-state index in [2.05, 4.69) is 4.98 Å². The highest BCUT2D eigenvalue weighted by Crippen LogP contribution is 2.29. The fraction of sp³-hybridized carbons (Fsp3) is 0.158. The third-order valence-electron chi connectivity index (χ3n) is 3.70. The quantitative estimate of drug-likeness (QED) is 0.612. The van der Waals surface area contributed by atoms with Gasteiger partial charge in [0.2, 0.25) is 5.89 Å². The van der Waals surface area contributed by atoms with Crippen LogP contribution >= 0.6 is 0 Å². The normalized spacial score (nSPS) is 11.4. The van der Waals surface area contributed by atoms with Crippen molar-refractivity contribution in [1.82, 2.24) is 4.98 Å². The second-order valence-electron chi connectivity index (χ2n) is 5.54. The number of hydrogen-bond acceptors (Lipinski definition) is 4. The van der Waals surface area contributed by atoms with Crippen LogP contribution < -0.4 is 0 Å². The standard InChI is InChI=1S/C19H14F3NO3/c1-12-16(23-17(26-12)13-5-3-2-4-6-13)11-25-18(24)14-7-9-15(10-8-14)19(20,21)22/h2-10H,11H2,1H3. The predicted octanol–water partition coefficient (Wildman–Crippen LogP) is 5.03. The summed E-state index contributed by atoms with van der Waals surface area (Å²) < 4.78 is 48.3. The largest absolute Gasteiger partial charge is 0.455 e. The Kier molecular flexibility index (Phi) is 4.79. The summed E-state index contributed by atoms with van der Waals surface area (Å²) >= 11 is 0. The minimum Gasteiger partial charge on any atom is -0.455 e. The number of alkyl halides is 3. The summed E-state index contributed by atoms with van der Waals surface area (Å²) in [6.07, 6.45) is -4.45. The summed E-state index contributed by atoms with van der Waals surface area (Å²) in [4.78, 5) is 16.3. The number of ether oxygens (including phenoxy) is 1. The topological polar surface area (TPSA) is 52.3 Å². The molecule has 4 nitrogen and oxygen atoms in total. The van der Waals surface area contributed by atoms with Crippen molar-refractivity contribution in [3.63, 3.8) is 0 Å². The van der Waals surface area contributed by atoms with E-state index in [0.29, 0.717) is 17.3 Å². The van der Waals surface area contributed by atoms with Gasteiger partial charge in [0.05, 0.1) is 11.1 Å². The van der Waals surface area contributed by atoms with Crippen LogP contribution in [0.5, 0.6) is 0 Å². The van der Waals surface area contributed by atoms with Crippen molar-refractivity contribution >= 4 is 5.97 Å². The van der Waals surface area contributed by atoms with E-state index >= 15 is 0 Å². The van der Waals surface area contributed by atoms with Gasteiger partial charge in [-0.15, -0.1) is 0 Å². The molecule has 0 aliphatic carbocycles. The second kappa shape index (κ2) is 7.03. The highest BCUT2D eigenvalue weighted by molar-refractivity contribution is 5.89. The molecule has 0 unspecified atom stereocenters. The zero-order valence-corrected chi connectivity index (χ0v) is 13.7. The molecule has 0 saturated heterocycles. The van der Waals surface area contributed by atoms with Crippen molar-refractivity contribution in [3.8, 4) is 11.5 Å². The molecule has 0 amide bonds. The molecule has 26 heavy (non-hydrogen) atoms. The zero-order chi connectivity index (χ0) is 18.7. The van der Waals surface area contributed by atoms with Gasteiger partial charge in [-0.2, -0.15) is 13.2 Å². The van der Waals surface area contributed by atoms with Gasteiger partial charge in [0.1, 0.15) is 18.1 Å². The van der Waals surface area contributed by atoms with E-state index < -0.39 is 17.7 Å². The smallest absolute Gasteiger partial charge is 0.416 e. The summed E-state index contributed by atoms with van der Waals surface area (Å²) in [5, 5.41) is 0. The number of aryl methyl sites for hydroxylation is 1. The summed E-state index contributed by atoms with van der Waals surface area (Å²) in [6, 6.07) is 13.1. The maximum Gasteiger partial charge on any atom is 0.416 e. The summed E-state index contributed by atoms with van der Waals surface area (Å²) in [7, 11) is 0. The maximum absolute atomic E-state index is 12.5. The molecule has 3 aromatic rings. The number of halogens is 3. The van der Waals surface area contributed by atoms with E-state index in [1.165, 1.54) is 0 Å². The van der Waals surface area contributed by atoms with Crippen molar-refractivity contribution in [3.05, 3.63) is 77.2 Å². The van der Waals surface area contributed by atoms with Crippen LogP contribution in [0.2, 0.25) is 0 Å². The Hall–Kier alpha value is -3.09. The van der Waals surface area contributed by atoms with Gasteiger partial charge in [-0.05, 0) is 43.3 Å². The molecule has 0 aliphatic heterocycles. The van der Waals surface area contributed by atoms with E-state index in [0.717, 1.165) is 29.8 Å². The second-order valence-corrected chi connectivity index (χ2v) is 5.54. The van der Waals surface area contributed by atoms with Crippen LogP contribution in [0.15, 0.2) is 59.0 Å². The van der Waals surface area contributed by atoms with Crippen LogP contribution in [0.25, 0.3) is 11.5 Å². The lowest BCUT2D eigenvalue weighted by molar-refractivity contribution is -0.137. The number of benzene rings is 2. The van der Waals surface area contributed by atoms with Gasteiger partial charge in [-0.3, -0.25) is 0 Å². The highest BCUT2D eigenvalue weighted by Gasteiger charge is 2.30. The molecular weight excluding hydrogens is 347 g/mol. The Morgan fingerprint density at radius 2 is 1.73 bits per heavy atom. The molecule has 2 aromatic carbocycles. The minimum atomic E-state index is -4.45. The predicted molar refractivity (Wildman–Crippen MR) is 87.2 cm³/mol. The number of oxazole rings is 1. The van der Waals surface area contributed by atoms with Gasteiger partial charge >= 0.3 is 12.1 Å². The molecule has 0 radical (unpaired) electrons. The van der Waals surface area contributed by atoms with E-state index in [1.807, 2.05) is 30.3 Å². The Morgan fingerprint density at radius 1 is 1.08 bits per heavy atom. The van der Waals surface area contributed by atoms with E-state index in [1.54, 1.807) is 6.92 Å². The van der Waals surface area contributed by atoms with Gasteiger partial charge < -0.3 is 9.15 Å². The summed E-state index contributed by atoms with van der Waals surface area (Å²) in [5.74, 6) is 0.176. The number of aromatic nitrogens is 1. The average Bonchev–Trinajstić information content (AvgIpc) is 3.00. The van der Waals surface area contributed by atoms with Crippen LogP contribution in [0.4, 0.5) is 13.2 Å². The highest BCUT2D eigenvalue weighted by atomic mass is 19.4. The lowest BCUT2D eigenvalue weighted by Crippen LogP contribution is -2.08. The fourth-order valence-corrected chi connectivity index (χ4v) is 2.28. The van der Waals surface area contributed by atoms with Gasteiger partial charge in [0.15, 0.2) is 0 Å². The van der Waals surface area contributed by atoms with Gasteiger partial charge in [0, 0.05) is 5.56 Å². The molecule has 0 aliphatic rings. The average molecular weight is 361 g/mol. The number of rotatable bonds is 4. The molecule has 1 heterocycles.